The van der Waals surface area contributed by atoms with E-state index in [0.29, 0.717) is 6.54 Å². The Morgan fingerprint density at radius 1 is 0.980 bits per heavy atom. The fourth-order valence-electron chi connectivity index (χ4n) is 5.43. The van der Waals surface area contributed by atoms with Gasteiger partial charge in [0.05, 0.1) is 35.4 Å². The number of aromatic nitrogens is 1. The Bertz CT molecular complexity index is 1540. The standard InChI is InChI=1S/C36H46N4O8S/c1-24-33(49-23-38-24)27-12-10-25(11-13-27)18-37-30(42)17-28-16-29(41)19-40(28)35(45)34(36(2,3)4)39-31(43)21-46-14-15-47-22-32(44)48-20-26-8-6-5-7-9-26/h5-13,23,28-29,34,41H,14-22H2,1-4H3,(H,37,42)(H,39,43)/t28-,29+,34+/m0/s1. The van der Waals surface area contributed by atoms with Gasteiger partial charge in [-0.25, -0.2) is 9.78 Å². The third-order valence-corrected chi connectivity index (χ3v) is 9.01. The molecule has 12 nitrogen and oxygen atoms in total. The largest absolute Gasteiger partial charge is 0.459 e. The second-order valence-corrected chi connectivity index (χ2v) is 14.0. The number of nitrogens with zero attached hydrogens (tertiary/aromatic N) is 2. The summed E-state index contributed by atoms with van der Waals surface area (Å²) in [6, 6.07) is 15.8. The summed E-state index contributed by atoms with van der Waals surface area (Å²) < 4.78 is 15.8. The van der Waals surface area contributed by atoms with Crippen LogP contribution in [0.5, 0.6) is 0 Å². The van der Waals surface area contributed by atoms with Gasteiger partial charge in [0.1, 0.15) is 25.9 Å². The SMILES string of the molecule is Cc1ncsc1-c1ccc(CNC(=O)C[C@@H]2C[C@@H](O)CN2C(=O)[C@@H](NC(=O)COCCOCC(=O)OCc2ccccc2)C(C)(C)C)cc1. The zero-order chi connectivity index (χ0) is 35.4. The number of benzene rings is 2. The predicted octanol–water partition coefficient (Wildman–Crippen LogP) is 3.39. The van der Waals surface area contributed by atoms with Gasteiger partial charge in [-0.3, -0.25) is 14.4 Å². The number of likely N-dealkylation sites (tertiary alicyclic amines) is 1. The van der Waals surface area contributed by atoms with Crippen molar-refractivity contribution in [2.45, 2.75) is 71.9 Å². The first-order valence-electron chi connectivity index (χ1n) is 16.3. The number of thiazole rings is 1. The molecule has 2 heterocycles. The number of β-amino-alcohol motifs (C(OH)–C–C–N with tert-alkyl or cyclic N) is 1. The molecule has 0 radical (unpaired) electrons. The summed E-state index contributed by atoms with van der Waals surface area (Å²) in [6.07, 6.45) is -0.496. The Labute approximate surface area is 291 Å². The minimum absolute atomic E-state index is 0.0225. The molecule has 3 atom stereocenters. The van der Waals surface area contributed by atoms with Gasteiger partial charge in [-0.2, -0.15) is 0 Å². The summed E-state index contributed by atoms with van der Waals surface area (Å²) >= 11 is 1.58. The van der Waals surface area contributed by atoms with Crippen LogP contribution in [0.3, 0.4) is 0 Å². The first-order chi connectivity index (χ1) is 23.4. The summed E-state index contributed by atoms with van der Waals surface area (Å²) in [4.78, 5) is 58.3. The molecule has 0 saturated carbocycles. The van der Waals surface area contributed by atoms with E-state index in [1.807, 2.05) is 87.8 Å². The molecule has 3 aromatic rings. The van der Waals surface area contributed by atoms with E-state index >= 15 is 0 Å². The fourth-order valence-corrected chi connectivity index (χ4v) is 6.24. The number of rotatable bonds is 16. The van der Waals surface area contributed by atoms with Crippen LogP contribution in [0.25, 0.3) is 10.4 Å². The summed E-state index contributed by atoms with van der Waals surface area (Å²) in [5, 5.41) is 16.2. The van der Waals surface area contributed by atoms with Gasteiger partial charge in [0, 0.05) is 25.6 Å². The number of ether oxygens (including phenoxy) is 3. The van der Waals surface area contributed by atoms with Gasteiger partial charge in [-0.1, -0.05) is 75.4 Å². The average molecular weight is 695 g/mol. The maximum absolute atomic E-state index is 13.8. The van der Waals surface area contributed by atoms with Crippen molar-refractivity contribution in [2.75, 3.05) is 33.0 Å². The zero-order valence-corrected chi connectivity index (χ0v) is 29.3. The Morgan fingerprint density at radius 2 is 1.67 bits per heavy atom. The van der Waals surface area contributed by atoms with Crippen LogP contribution in [0, 0.1) is 12.3 Å². The van der Waals surface area contributed by atoms with Gasteiger partial charge >= 0.3 is 5.97 Å². The van der Waals surface area contributed by atoms with E-state index in [1.165, 1.54) is 4.90 Å². The quantitative estimate of drug-likeness (QED) is 0.151. The Balaban J connectivity index is 1.20. The molecule has 3 N–H and O–H groups in total. The third-order valence-electron chi connectivity index (χ3n) is 8.03. The van der Waals surface area contributed by atoms with Gasteiger partial charge in [0.2, 0.25) is 17.7 Å². The molecule has 264 valence electrons. The number of hydrogen-bond donors (Lipinski definition) is 3. The Kier molecular flexibility index (Phi) is 13.8. The summed E-state index contributed by atoms with van der Waals surface area (Å²) in [7, 11) is 0. The predicted molar refractivity (Wildman–Crippen MR) is 184 cm³/mol. The number of carbonyl (C=O) groups excluding carboxylic acids is 4. The summed E-state index contributed by atoms with van der Waals surface area (Å²) in [5.74, 6) is -1.62. The normalized spacial score (nSPS) is 16.6. The second kappa shape index (κ2) is 18.0. The molecule has 0 aliphatic carbocycles. The van der Waals surface area contributed by atoms with Gasteiger partial charge in [-0.05, 0) is 35.4 Å². The van der Waals surface area contributed by atoms with Crippen LogP contribution in [-0.2, 0) is 46.5 Å². The molecule has 4 rings (SSSR count). The lowest BCUT2D eigenvalue weighted by Crippen LogP contribution is -2.56. The van der Waals surface area contributed by atoms with E-state index in [0.717, 1.165) is 27.3 Å². The van der Waals surface area contributed by atoms with E-state index in [1.54, 1.807) is 11.3 Å². The lowest BCUT2D eigenvalue weighted by molar-refractivity contribution is -0.151. The molecule has 0 bridgehead atoms. The highest BCUT2D eigenvalue weighted by Crippen LogP contribution is 2.28. The van der Waals surface area contributed by atoms with Gasteiger partial charge in [-0.15, -0.1) is 11.3 Å². The third kappa shape index (κ3) is 11.7. The van der Waals surface area contributed by atoms with Crippen LogP contribution >= 0.6 is 11.3 Å². The van der Waals surface area contributed by atoms with Crippen molar-refractivity contribution in [2.24, 2.45) is 5.41 Å². The number of aryl methyl sites for hydroxylation is 1. The van der Waals surface area contributed by atoms with E-state index in [-0.39, 0.29) is 64.2 Å². The van der Waals surface area contributed by atoms with E-state index in [2.05, 4.69) is 15.6 Å². The Hall–Kier alpha value is -4.17. The number of nitrogens with one attached hydrogen (secondary N) is 2. The Morgan fingerprint density at radius 3 is 2.33 bits per heavy atom. The van der Waals surface area contributed by atoms with Crippen LogP contribution in [0.15, 0.2) is 60.1 Å². The molecule has 49 heavy (non-hydrogen) atoms. The number of esters is 1. The average Bonchev–Trinajstić information content (AvgIpc) is 3.67. The topological polar surface area (TPSA) is 156 Å². The van der Waals surface area contributed by atoms with Crippen molar-refractivity contribution >= 4 is 35.0 Å². The van der Waals surface area contributed by atoms with Crippen molar-refractivity contribution in [3.8, 4) is 10.4 Å². The molecule has 1 aromatic heterocycles. The first kappa shape index (κ1) is 37.6. The van der Waals surface area contributed by atoms with Crippen molar-refractivity contribution in [1.29, 1.82) is 0 Å². The fraction of sp³-hybridized carbons (Fsp3) is 0.472. The molecule has 1 fully saturated rings. The van der Waals surface area contributed by atoms with Crippen LogP contribution in [0.4, 0.5) is 0 Å². The molecular weight excluding hydrogens is 648 g/mol. The maximum atomic E-state index is 13.8. The van der Waals surface area contributed by atoms with Crippen LogP contribution in [0.1, 0.15) is 50.4 Å². The first-order valence-corrected chi connectivity index (χ1v) is 17.2. The molecule has 1 aliphatic heterocycles. The van der Waals surface area contributed by atoms with Gasteiger partial charge < -0.3 is 34.9 Å². The molecule has 3 amide bonds. The van der Waals surface area contributed by atoms with Crippen molar-refractivity contribution in [1.82, 2.24) is 20.5 Å². The molecule has 13 heteroatoms. The smallest absolute Gasteiger partial charge is 0.332 e. The number of amides is 3. The molecule has 1 saturated heterocycles. The molecule has 1 aliphatic rings. The van der Waals surface area contributed by atoms with Crippen molar-refractivity contribution in [3.05, 3.63) is 76.9 Å². The summed E-state index contributed by atoms with van der Waals surface area (Å²) in [6.45, 7) is 7.57. The summed E-state index contributed by atoms with van der Waals surface area (Å²) in [5.41, 5.74) is 5.00. The lowest BCUT2D eigenvalue weighted by Gasteiger charge is -2.35. The number of carbonyl (C=O) groups is 4. The monoisotopic (exact) mass is 694 g/mol. The minimum atomic E-state index is -0.921. The van der Waals surface area contributed by atoms with E-state index in [4.69, 9.17) is 14.2 Å². The van der Waals surface area contributed by atoms with Gasteiger partial charge in [0.25, 0.3) is 0 Å². The molecule has 2 aromatic carbocycles. The van der Waals surface area contributed by atoms with Crippen LogP contribution in [0.2, 0.25) is 0 Å². The van der Waals surface area contributed by atoms with E-state index < -0.39 is 35.5 Å². The molecular formula is C36H46N4O8S. The van der Waals surface area contributed by atoms with Crippen LogP contribution in [-0.4, -0.2) is 89.8 Å². The minimum Gasteiger partial charge on any atom is -0.459 e. The molecule has 0 spiro atoms. The van der Waals surface area contributed by atoms with Gasteiger partial charge in [0.15, 0.2) is 0 Å². The second-order valence-electron chi connectivity index (χ2n) is 13.1. The van der Waals surface area contributed by atoms with Crippen LogP contribution < -0.4 is 10.6 Å². The highest BCUT2D eigenvalue weighted by atomic mass is 32.1. The zero-order valence-electron chi connectivity index (χ0n) is 28.5. The number of aliphatic hydroxyl groups is 1. The lowest BCUT2D eigenvalue weighted by atomic mass is 9.85. The van der Waals surface area contributed by atoms with Crippen molar-refractivity contribution < 1.29 is 38.5 Å². The highest BCUT2D eigenvalue weighted by Gasteiger charge is 2.42. The van der Waals surface area contributed by atoms with E-state index in [9.17, 15) is 24.3 Å². The highest BCUT2D eigenvalue weighted by molar-refractivity contribution is 7.13. The maximum Gasteiger partial charge on any atom is 0.332 e. The number of hydrogen-bond acceptors (Lipinski definition) is 10. The number of aliphatic hydroxyl groups excluding tert-OH is 1. The van der Waals surface area contributed by atoms with Crippen molar-refractivity contribution in [3.63, 3.8) is 0 Å². The molecule has 0 unspecified atom stereocenters.